The molecule has 0 spiro atoms. The van der Waals surface area contributed by atoms with Crippen LogP contribution in [0.3, 0.4) is 0 Å². The van der Waals surface area contributed by atoms with Crippen molar-refractivity contribution in [1.29, 1.82) is 0 Å². The normalized spacial score (nSPS) is 11.0. The molecule has 284 valence electrons. The molecule has 0 heterocycles. The monoisotopic (exact) mass is 766 g/mol. The molecule has 0 aromatic heterocycles. The molecule has 0 unspecified atom stereocenters. The Labute approximate surface area is 352 Å². The lowest BCUT2D eigenvalue weighted by Crippen LogP contribution is -2.11. The average Bonchev–Trinajstić information content (AvgIpc) is 3.33. The second-order valence-electron chi connectivity index (χ2n) is 14.9. The molecule has 0 aliphatic heterocycles. The second kappa shape index (κ2) is 16.5. The van der Waals surface area contributed by atoms with Crippen LogP contribution in [-0.2, 0) is 0 Å². The molecule has 60 heavy (non-hydrogen) atoms. The van der Waals surface area contributed by atoms with Gasteiger partial charge in [-0.2, -0.15) is 0 Å². The van der Waals surface area contributed by atoms with Gasteiger partial charge in [-0.3, -0.25) is 0 Å². The summed E-state index contributed by atoms with van der Waals surface area (Å²) >= 11 is 0. The van der Waals surface area contributed by atoms with Crippen LogP contribution in [0.15, 0.2) is 255 Å². The molecule has 2 nitrogen and oxygen atoms in total. The molecule has 0 aliphatic rings. The number of para-hydroxylation sites is 3. The maximum atomic E-state index is 2.38. The van der Waals surface area contributed by atoms with E-state index in [1.165, 1.54) is 55.3 Å². The van der Waals surface area contributed by atoms with E-state index in [-0.39, 0.29) is 0 Å². The first kappa shape index (κ1) is 36.4. The third-order valence-electron chi connectivity index (χ3n) is 11.3. The molecule has 10 aromatic rings. The number of fused-ring (bicyclic) bond motifs is 1. The van der Waals surface area contributed by atoms with Crippen LogP contribution in [0.1, 0.15) is 0 Å². The summed E-state index contributed by atoms with van der Waals surface area (Å²) < 4.78 is 0. The fraction of sp³-hybridized carbons (Fsp3) is 0. The summed E-state index contributed by atoms with van der Waals surface area (Å²) in [6.07, 6.45) is 0. The minimum atomic E-state index is 1.10. The Morgan fingerprint density at radius 3 is 1.13 bits per heavy atom. The molecule has 10 aromatic carbocycles. The molecule has 0 aliphatic carbocycles. The largest absolute Gasteiger partial charge is 0.310 e. The fourth-order valence-electron chi connectivity index (χ4n) is 8.35. The predicted octanol–water partition coefficient (Wildman–Crippen LogP) is 16.4. The molecule has 0 bridgehead atoms. The Morgan fingerprint density at radius 1 is 0.217 bits per heavy atom. The summed E-state index contributed by atoms with van der Waals surface area (Å²) in [6, 6.07) is 91.3. The van der Waals surface area contributed by atoms with E-state index in [0.717, 1.165) is 34.1 Å². The van der Waals surface area contributed by atoms with Gasteiger partial charge in [-0.15, -0.1) is 0 Å². The van der Waals surface area contributed by atoms with Crippen molar-refractivity contribution in [3.05, 3.63) is 255 Å². The Morgan fingerprint density at radius 2 is 0.600 bits per heavy atom. The van der Waals surface area contributed by atoms with Crippen LogP contribution < -0.4 is 9.80 Å². The van der Waals surface area contributed by atoms with E-state index in [9.17, 15) is 0 Å². The number of benzene rings is 10. The zero-order valence-electron chi connectivity index (χ0n) is 33.1. The van der Waals surface area contributed by atoms with Crippen LogP contribution in [0.25, 0.3) is 55.3 Å². The highest BCUT2D eigenvalue weighted by atomic mass is 15.1. The van der Waals surface area contributed by atoms with Crippen molar-refractivity contribution in [3.8, 4) is 44.5 Å². The van der Waals surface area contributed by atoms with Crippen molar-refractivity contribution in [2.24, 2.45) is 0 Å². The van der Waals surface area contributed by atoms with Gasteiger partial charge in [-0.1, -0.05) is 194 Å². The van der Waals surface area contributed by atoms with Crippen molar-refractivity contribution >= 4 is 44.9 Å². The van der Waals surface area contributed by atoms with Crippen molar-refractivity contribution in [1.82, 2.24) is 0 Å². The maximum absolute atomic E-state index is 2.38. The minimum Gasteiger partial charge on any atom is -0.310 e. The highest BCUT2D eigenvalue weighted by Gasteiger charge is 2.20. The van der Waals surface area contributed by atoms with Crippen LogP contribution in [0, 0.1) is 0 Å². The Kier molecular flexibility index (Phi) is 10.0. The first-order valence-corrected chi connectivity index (χ1v) is 20.5. The number of hydrogen-bond donors (Lipinski definition) is 0. The van der Waals surface area contributed by atoms with E-state index in [4.69, 9.17) is 0 Å². The number of hydrogen-bond acceptors (Lipinski definition) is 2. The molecule has 0 atom stereocenters. The molecule has 0 fully saturated rings. The lowest BCUT2D eigenvalue weighted by molar-refractivity contribution is 1.28. The summed E-state index contributed by atoms with van der Waals surface area (Å²) in [5.74, 6) is 0. The summed E-state index contributed by atoms with van der Waals surface area (Å²) in [5, 5.41) is 2.46. The van der Waals surface area contributed by atoms with E-state index in [0.29, 0.717) is 0 Å². The third kappa shape index (κ3) is 7.23. The summed E-state index contributed by atoms with van der Waals surface area (Å²) in [6.45, 7) is 0. The van der Waals surface area contributed by atoms with E-state index in [2.05, 4.69) is 265 Å². The zero-order chi connectivity index (χ0) is 40.1. The first-order valence-electron chi connectivity index (χ1n) is 20.5. The first-order chi connectivity index (χ1) is 29.8. The second-order valence-corrected chi connectivity index (χ2v) is 14.9. The Balaban J connectivity index is 0.954. The summed E-state index contributed by atoms with van der Waals surface area (Å²) in [5.41, 5.74) is 16.2. The highest BCUT2D eigenvalue weighted by molar-refractivity contribution is 6.05. The van der Waals surface area contributed by atoms with Gasteiger partial charge in [-0.25, -0.2) is 0 Å². The van der Waals surface area contributed by atoms with Gasteiger partial charge in [0.25, 0.3) is 0 Å². The van der Waals surface area contributed by atoms with Gasteiger partial charge in [0.15, 0.2) is 0 Å². The quantitative estimate of drug-likeness (QED) is 0.137. The molecule has 2 heteroatoms. The van der Waals surface area contributed by atoms with Gasteiger partial charge in [0.1, 0.15) is 0 Å². The van der Waals surface area contributed by atoms with Crippen molar-refractivity contribution in [2.45, 2.75) is 0 Å². The van der Waals surface area contributed by atoms with Gasteiger partial charge in [0, 0.05) is 33.9 Å². The van der Waals surface area contributed by atoms with Crippen molar-refractivity contribution in [2.75, 3.05) is 9.80 Å². The van der Waals surface area contributed by atoms with Crippen LogP contribution >= 0.6 is 0 Å². The molecule has 0 N–H and O–H groups in total. The molecule has 10 rings (SSSR count). The minimum absolute atomic E-state index is 1.10. The molecule has 0 saturated heterocycles. The molecular weight excluding hydrogens is 725 g/mol. The van der Waals surface area contributed by atoms with Crippen LogP contribution in [0.4, 0.5) is 34.1 Å². The van der Waals surface area contributed by atoms with Crippen molar-refractivity contribution < 1.29 is 0 Å². The van der Waals surface area contributed by atoms with Crippen LogP contribution in [0.5, 0.6) is 0 Å². The molecular formula is C58H42N2. The number of anilines is 6. The average molecular weight is 767 g/mol. The lowest BCUT2D eigenvalue weighted by atomic mass is 9.95. The predicted molar refractivity (Wildman–Crippen MR) is 255 cm³/mol. The number of rotatable bonds is 10. The molecule has 0 saturated carbocycles. The SMILES string of the molecule is c1ccc(-c2ccccc2N(c2ccccc2)c2ccc(-c3ccc(-c4ccc(N(c5ccccc5)c5ccc6ccccc6c5-c5ccccc5)cc4)cc3)cc2)cc1. The highest BCUT2D eigenvalue weighted by Crippen LogP contribution is 2.45. The van der Waals surface area contributed by atoms with Gasteiger partial charge < -0.3 is 9.80 Å². The van der Waals surface area contributed by atoms with E-state index in [1.54, 1.807) is 0 Å². The maximum Gasteiger partial charge on any atom is 0.0546 e. The van der Waals surface area contributed by atoms with Crippen LogP contribution in [0.2, 0.25) is 0 Å². The van der Waals surface area contributed by atoms with E-state index < -0.39 is 0 Å². The standard InChI is InChI=1S/C58H42N2/c1-5-17-47(18-6-1)54-26-15-16-28-56(54)59(50-22-9-3-10-23-50)52-38-33-45(34-39-52)43-29-31-44(32-30-43)46-35-40-53(41-36-46)60(51-24-11-4-12-25-51)57-42-37-48-19-13-14-27-55(48)58(57)49-20-7-2-8-21-49/h1-42H. The van der Waals surface area contributed by atoms with Gasteiger partial charge in [0.2, 0.25) is 0 Å². The number of nitrogens with zero attached hydrogens (tertiary/aromatic N) is 2. The van der Waals surface area contributed by atoms with Crippen molar-refractivity contribution in [3.63, 3.8) is 0 Å². The topological polar surface area (TPSA) is 6.48 Å². The van der Waals surface area contributed by atoms with Gasteiger partial charge in [0.05, 0.1) is 11.4 Å². The summed E-state index contributed by atoms with van der Waals surface area (Å²) in [4.78, 5) is 4.73. The zero-order valence-corrected chi connectivity index (χ0v) is 33.1. The van der Waals surface area contributed by atoms with Gasteiger partial charge >= 0.3 is 0 Å². The van der Waals surface area contributed by atoms with E-state index >= 15 is 0 Å². The Hall–Kier alpha value is -7.94. The third-order valence-corrected chi connectivity index (χ3v) is 11.3. The Bertz CT molecular complexity index is 2980. The van der Waals surface area contributed by atoms with Crippen LogP contribution in [-0.4, -0.2) is 0 Å². The fourth-order valence-corrected chi connectivity index (χ4v) is 8.35. The molecule has 0 radical (unpaired) electrons. The molecule has 0 amide bonds. The van der Waals surface area contributed by atoms with E-state index in [1.807, 2.05) is 0 Å². The van der Waals surface area contributed by atoms with Gasteiger partial charge in [-0.05, 0) is 105 Å². The smallest absolute Gasteiger partial charge is 0.0546 e. The lowest BCUT2D eigenvalue weighted by Gasteiger charge is -2.29. The summed E-state index contributed by atoms with van der Waals surface area (Å²) in [7, 11) is 0.